The molecule has 3 heteroatoms. The molecule has 0 unspecified atom stereocenters. The van der Waals surface area contributed by atoms with Crippen LogP contribution in [0.3, 0.4) is 0 Å². The molecule has 1 aliphatic rings. The zero-order valence-electron chi connectivity index (χ0n) is 7.91. The maximum atomic E-state index is 10.8. The molecule has 1 aliphatic heterocycles. The number of fused-ring (bicyclic) bond motifs is 1. The number of benzene rings is 1. The molecule has 0 fully saturated rings. The molecule has 0 saturated heterocycles. The summed E-state index contributed by atoms with van der Waals surface area (Å²) < 4.78 is 5.45. The summed E-state index contributed by atoms with van der Waals surface area (Å²) in [5, 5.41) is 2.72. The molecule has 0 atom stereocenters. The Labute approximate surface area is 82.4 Å². The van der Waals surface area contributed by atoms with Crippen LogP contribution in [-0.2, 0) is 4.79 Å². The largest absolute Gasteiger partial charge is 0.487 e. The van der Waals surface area contributed by atoms with E-state index in [9.17, 15) is 4.79 Å². The third-order valence-electron chi connectivity index (χ3n) is 1.97. The van der Waals surface area contributed by atoms with Crippen molar-refractivity contribution >= 4 is 12.0 Å². The van der Waals surface area contributed by atoms with E-state index in [1.165, 1.54) is 6.92 Å². The number of hydrogen-bond donors (Lipinski definition) is 1. The second-order valence-corrected chi connectivity index (χ2v) is 3.18. The molecule has 0 spiro atoms. The van der Waals surface area contributed by atoms with Gasteiger partial charge in [-0.2, -0.15) is 0 Å². The van der Waals surface area contributed by atoms with Gasteiger partial charge in [0, 0.05) is 12.5 Å². The van der Waals surface area contributed by atoms with Crippen molar-refractivity contribution in [1.29, 1.82) is 0 Å². The normalized spacial score (nSPS) is 13.6. The molecule has 3 nitrogen and oxygen atoms in total. The first-order valence-corrected chi connectivity index (χ1v) is 4.46. The summed E-state index contributed by atoms with van der Waals surface area (Å²) in [6.07, 6.45) is 1.93. The fourth-order valence-corrected chi connectivity index (χ4v) is 1.41. The monoisotopic (exact) mass is 189 g/mol. The summed E-state index contributed by atoms with van der Waals surface area (Å²) in [5.74, 6) is 0.792. The van der Waals surface area contributed by atoms with Gasteiger partial charge >= 0.3 is 0 Å². The van der Waals surface area contributed by atoms with Gasteiger partial charge in [-0.15, -0.1) is 0 Å². The second kappa shape index (κ2) is 3.54. The molecule has 1 heterocycles. The first-order valence-electron chi connectivity index (χ1n) is 4.46. The van der Waals surface area contributed by atoms with Crippen molar-refractivity contribution in [1.82, 2.24) is 5.32 Å². The number of nitrogens with one attached hydrogen (secondary N) is 1. The molecule has 1 aromatic carbocycles. The fraction of sp³-hybridized carbons (Fsp3) is 0.182. The van der Waals surface area contributed by atoms with Crippen LogP contribution >= 0.6 is 0 Å². The van der Waals surface area contributed by atoms with Crippen molar-refractivity contribution in [3.63, 3.8) is 0 Å². The van der Waals surface area contributed by atoms with E-state index in [1.54, 1.807) is 0 Å². The third-order valence-corrected chi connectivity index (χ3v) is 1.97. The van der Waals surface area contributed by atoms with E-state index in [0.29, 0.717) is 6.61 Å². The summed E-state index contributed by atoms with van der Waals surface area (Å²) in [6.45, 7) is 1.91. The fourth-order valence-electron chi connectivity index (χ4n) is 1.41. The Kier molecular flexibility index (Phi) is 2.23. The highest BCUT2D eigenvalue weighted by molar-refractivity contribution is 5.77. The highest BCUT2D eigenvalue weighted by Crippen LogP contribution is 2.24. The van der Waals surface area contributed by atoms with Crippen LogP contribution in [0.5, 0.6) is 5.75 Å². The van der Waals surface area contributed by atoms with Gasteiger partial charge < -0.3 is 10.1 Å². The first kappa shape index (κ1) is 8.81. The first-order chi connectivity index (χ1) is 6.75. The van der Waals surface area contributed by atoms with Crippen LogP contribution in [0, 0.1) is 0 Å². The zero-order chi connectivity index (χ0) is 9.97. The lowest BCUT2D eigenvalue weighted by Crippen LogP contribution is -2.25. The van der Waals surface area contributed by atoms with Gasteiger partial charge in [-0.05, 0) is 12.1 Å². The molecule has 0 bridgehead atoms. The van der Waals surface area contributed by atoms with Gasteiger partial charge in [0.25, 0.3) is 0 Å². The molecular formula is C11H11NO2. The van der Waals surface area contributed by atoms with Gasteiger partial charge in [0.05, 0.1) is 5.70 Å². The zero-order valence-corrected chi connectivity index (χ0v) is 7.91. The molecule has 0 radical (unpaired) electrons. The predicted molar refractivity (Wildman–Crippen MR) is 53.7 cm³/mol. The average Bonchev–Trinajstić information content (AvgIpc) is 2.17. The number of para-hydroxylation sites is 1. The number of carbonyl (C=O) groups is 1. The standard InChI is InChI=1S/C11H11NO2/c1-8(13)12-10-6-9-4-2-3-5-11(9)14-7-10/h2-6H,7H2,1H3,(H,12,13). The Bertz CT molecular complexity index is 396. The lowest BCUT2D eigenvalue weighted by molar-refractivity contribution is -0.118. The molecule has 0 aliphatic carbocycles. The number of hydrogen-bond acceptors (Lipinski definition) is 2. The SMILES string of the molecule is CC(=O)NC1=Cc2ccccc2OC1. The minimum absolute atomic E-state index is 0.0702. The van der Waals surface area contributed by atoms with Crippen molar-refractivity contribution in [3.8, 4) is 5.75 Å². The molecule has 1 N–H and O–H groups in total. The van der Waals surface area contributed by atoms with Crippen LogP contribution in [0.4, 0.5) is 0 Å². The molecule has 1 aromatic rings. The molecular weight excluding hydrogens is 178 g/mol. The summed E-state index contributed by atoms with van der Waals surface area (Å²) in [4.78, 5) is 10.8. The van der Waals surface area contributed by atoms with Crippen LogP contribution in [0.1, 0.15) is 12.5 Å². The number of ether oxygens (including phenoxy) is 1. The van der Waals surface area contributed by atoms with E-state index >= 15 is 0 Å². The summed E-state index contributed by atoms with van der Waals surface area (Å²) in [5.41, 5.74) is 1.80. The van der Waals surface area contributed by atoms with E-state index in [2.05, 4.69) is 5.32 Å². The average molecular weight is 189 g/mol. The molecule has 1 amide bonds. The lowest BCUT2D eigenvalue weighted by Gasteiger charge is -2.17. The highest BCUT2D eigenvalue weighted by Gasteiger charge is 2.10. The number of amides is 1. The minimum atomic E-state index is -0.0702. The van der Waals surface area contributed by atoms with Crippen LogP contribution < -0.4 is 10.1 Å². The summed E-state index contributed by atoms with van der Waals surface area (Å²) in [6, 6.07) is 7.73. The third kappa shape index (κ3) is 1.76. The smallest absolute Gasteiger partial charge is 0.221 e. The quantitative estimate of drug-likeness (QED) is 0.728. The van der Waals surface area contributed by atoms with Gasteiger partial charge in [-0.25, -0.2) is 0 Å². The Morgan fingerprint density at radius 3 is 3.00 bits per heavy atom. The van der Waals surface area contributed by atoms with Crippen molar-refractivity contribution < 1.29 is 9.53 Å². The molecule has 0 aromatic heterocycles. The van der Waals surface area contributed by atoms with E-state index in [4.69, 9.17) is 4.74 Å². The Hall–Kier alpha value is -1.77. The predicted octanol–water partition coefficient (Wildman–Crippen LogP) is 1.56. The van der Waals surface area contributed by atoms with Crippen LogP contribution in [0.15, 0.2) is 30.0 Å². The molecule has 72 valence electrons. The number of rotatable bonds is 1. The van der Waals surface area contributed by atoms with Gasteiger partial charge in [0.1, 0.15) is 12.4 Å². The highest BCUT2D eigenvalue weighted by atomic mass is 16.5. The maximum absolute atomic E-state index is 10.8. The topological polar surface area (TPSA) is 38.3 Å². The second-order valence-electron chi connectivity index (χ2n) is 3.18. The molecule has 0 saturated carbocycles. The molecule has 14 heavy (non-hydrogen) atoms. The van der Waals surface area contributed by atoms with Gasteiger partial charge in [0.15, 0.2) is 0 Å². The van der Waals surface area contributed by atoms with Crippen molar-refractivity contribution in [2.45, 2.75) is 6.92 Å². The van der Waals surface area contributed by atoms with Crippen molar-refractivity contribution in [2.24, 2.45) is 0 Å². The van der Waals surface area contributed by atoms with E-state index in [0.717, 1.165) is 17.0 Å². The lowest BCUT2D eigenvalue weighted by atomic mass is 10.1. The van der Waals surface area contributed by atoms with E-state index < -0.39 is 0 Å². The Balaban J connectivity index is 2.26. The van der Waals surface area contributed by atoms with Crippen molar-refractivity contribution in [2.75, 3.05) is 6.61 Å². The van der Waals surface area contributed by atoms with E-state index in [-0.39, 0.29) is 5.91 Å². The van der Waals surface area contributed by atoms with Gasteiger partial charge in [-0.1, -0.05) is 18.2 Å². The van der Waals surface area contributed by atoms with Crippen molar-refractivity contribution in [3.05, 3.63) is 35.5 Å². The minimum Gasteiger partial charge on any atom is -0.487 e. The molecule has 2 rings (SSSR count). The summed E-state index contributed by atoms with van der Waals surface area (Å²) in [7, 11) is 0. The maximum Gasteiger partial charge on any atom is 0.221 e. The Morgan fingerprint density at radius 2 is 2.21 bits per heavy atom. The Morgan fingerprint density at radius 1 is 1.43 bits per heavy atom. The summed E-state index contributed by atoms with van der Waals surface area (Å²) >= 11 is 0. The van der Waals surface area contributed by atoms with Crippen LogP contribution in [-0.4, -0.2) is 12.5 Å². The van der Waals surface area contributed by atoms with E-state index in [1.807, 2.05) is 30.3 Å². The van der Waals surface area contributed by atoms with Crippen LogP contribution in [0.25, 0.3) is 6.08 Å². The van der Waals surface area contributed by atoms with Crippen LogP contribution in [0.2, 0.25) is 0 Å². The number of carbonyl (C=O) groups excluding carboxylic acids is 1. The van der Waals surface area contributed by atoms with Gasteiger partial charge in [-0.3, -0.25) is 4.79 Å². The van der Waals surface area contributed by atoms with Gasteiger partial charge in [0.2, 0.25) is 5.91 Å².